The van der Waals surface area contributed by atoms with Gasteiger partial charge in [0.05, 0.1) is 12.3 Å². The van der Waals surface area contributed by atoms with E-state index in [0.29, 0.717) is 22.3 Å². The summed E-state index contributed by atoms with van der Waals surface area (Å²) in [6, 6.07) is 9.43. The predicted octanol–water partition coefficient (Wildman–Crippen LogP) is 4.11. The lowest BCUT2D eigenvalue weighted by Gasteiger charge is -2.26. The molecule has 1 fully saturated rings. The van der Waals surface area contributed by atoms with Gasteiger partial charge in [0, 0.05) is 34.5 Å². The van der Waals surface area contributed by atoms with E-state index in [0.717, 1.165) is 11.3 Å². The summed E-state index contributed by atoms with van der Waals surface area (Å²) in [7, 11) is 1.97. The fourth-order valence-corrected chi connectivity index (χ4v) is 4.44. The van der Waals surface area contributed by atoms with Crippen LogP contribution in [0.3, 0.4) is 0 Å². The third-order valence-corrected chi connectivity index (χ3v) is 5.48. The van der Waals surface area contributed by atoms with Crippen LogP contribution in [0.5, 0.6) is 0 Å². The lowest BCUT2D eigenvalue weighted by Crippen LogP contribution is -2.28. The molecule has 2 aromatic rings. The summed E-state index contributed by atoms with van der Waals surface area (Å²) in [6.45, 7) is 0.557. The maximum Gasteiger partial charge on any atom is 0.234 e. The molecule has 1 saturated heterocycles. The van der Waals surface area contributed by atoms with Gasteiger partial charge < -0.3 is 9.47 Å². The summed E-state index contributed by atoms with van der Waals surface area (Å²) >= 11 is 14.2. The molecule has 1 aliphatic heterocycles. The monoisotopic (exact) mass is 340 g/mol. The maximum atomic E-state index is 12.2. The quantitative estimate of drug-likeness (QED) is 0.840. The minimum Gasteiger partial charge on any atom is -0.353 e. The standard InChI is InChI=1S/C15H14Cl2N2OS/c1-18-7-3-4-10(18)8-19-13(20)9-21-15(19)14-11(16)5-2-6-12(14)17/h2-7,15H,8-9H2,1H3. The van der Waals surface area contributed by atoms with Gasteiger partial charge in [0.25, 0.3) is 0 Å². The van der Waals surface area contributed by atoms with Crippen molar-refractivity contribution in [3.05, 3.63) is 57.8 Å². The minimum absolute atomic E-state index is 0.113. The molecule has 2 heterocycles. The molecule has 1 amide bonds. The summed E-state index contributed by atoms with van der Waals surface area (Å²) in [5, 5.41) is 1.08. The zero-order valence-corrected chi connectivity index (χ0v) is 13.8. The Morgan fingerprint density at radius 3 is 2.57 bits per heavy atom. The van der Waals surface area contributed by atoms with E-state index < -0.39 is 0 Å². The average molecular weight is 341 g/mol. The Kier molecular flexibility index (Phi) is 4.20. The zero-order valence-electron chi connectivity index (χ0n) is 11.4. The topological polar surface area (TPSA) is 25.2 Å². The van der Waals surface area contributed by atoms with E-state index in [1.54, 1.807) is 11.8 Å². The zero-order chi connectivity index (χ0) is 15.0. The fourth-order valence-electron chi connectivity index (χ4n) is 2.45. The van der Waals surface area contributed by atoms with E-state index >= 15 is 0 Å². The van der Waals surface area contributed by atoms with Gasteiger partial charge in [-0.2, -0.15) is 0 Å². The van der Waals surface area contributed by atoms with Crippen LogP contribution in [0.4, 0.5) is 0 Å². The minimum atomic E-state index is -0.131. The first-order valence-corrected chi connectivity index (χ1v) is 8.33. The van der Waals surface area contributed by atoms with Crippen molar-refractivity contribution >= 4 is 40.9 Å². The second-order valence-corrected chi connectivity index (χ2v) is 6.81. The number of nitrogens with zero attached hydrogens (tertiary/aromatic N) is 2. The predicted molar refractivity (Wildman–Crippen MR) is 87.6 cm³/mol. The summed E-state index contributed by atoms with van der Waals surface area (Å²) in [4.78, 5) is 14.1. The van der Waals surface area contributed by atoms with E-state index in [9.17, 15) is 4.79 Å². The van der Waals surface area contributed by atoms with E-state index in [2.05, 4.69) is 0 Å². The van der Waals surface area contributed by atoms with E-state index in [-0.39, 0.29) is 11.3 Å². The smallest absolute Gasteiger partial charge is 0.234 e. The van der Waals surface area contributed by atoms with Gasteiger partial charge in [-0.3, -0.25) is 4.79 Å². The molecule has 1 aliphatic rings. The van der Waals surface area contributed by atoms with E-state index in [4.69, 9.17) is 23.2 Å². The third kappa shape index (κ3) is 2.80. The Balaban J connectivity index is 1.94. The van der Waals surface area contributed by atoms with Gasteiger partial charge in [0.1, 0.15) is 5.37 Å². The van der Waals surface area contributed by atoms with Gasteiger partial charge >= 0.3 is 0 Å². The van der Waals surface area contributed by atoms with Gasteiger partial charge in [-0.15, -0.1) is 11.8 Å². The van der Waals surface area contributed by atoms with Crippen LogP contribution in [0.15, 0.2) is 36.5 Å². The number of halogens is 2. The van der Waals surface area contributed by atoms with Crippen molar-refractivity contribution in [3.63, 3.8) is 0 Å². The van der Waals surface area contributed by atoms with Crippen molar-refractivity contribution in [3.8, 4) is 0 Å². The fraction of sp³-hybridized carbons (Fsp3) is 0.267. The molecule has 1 unspecified atom stereocenters. The number of carbonyl (C=O) groups is 1. The van der Waals surface area contributed by atoms with Crippen molar-refractivity contribution in [1.29, 1.82) is 0 Å². The lowest BCUT2D eigenvalue weighted by atomic mass is 10.2. The van der Waals surface area contributed by atoms with E-state index in [1.165, 1.54) is 0 Å². The Morgan fingerprint density at radius 2 is 1.95 bits per heavy atom. The van der Waals surface area contributed by atoms with Gasteiger partial charge in [-0.05, 0) is 24.3 Å². The molecule has 6 heteroatoms. The van der Waals surface area contributed by atoms with E-state index in [1.807, 2.05) is 53.0 Å². The Morgan fingerprint density at radius 1 is 1.24 bits per heavy atom. The molecule has 1 aromatic carbocycles. The molecule has 21 heavy (non-hydrogen) atoms. The van der Waals surface area contributed by atoms with Crippen LogP contribution < -0.4 is 0 Å². The molecule has 3 rings (SSSR count). The molecule has 0 saturated carbocycles. The highest BCUT2D eigenvalue weighted by Gasteiger charge is 2.35. The number of amides is 1. The lowest BCUT2D eigenvalue weighted by molar-refractivity contribution is -0.128. The highest BCUT2D eigenvalue weighted by molar-refractivity contribution is 8.00. The maximum absolute atomic E-state index is 12.2. The second-order valence-electron chi connectivity index (χ2n) is 4.93. The van der Waals surface area contributed by atoms with Crippen LogP contribution in [0, 0.1) is 0 Å². The van der Waals surface area contributed by atoms with Gasteiger partial charge in [0.2, 0.25) is 5.91 Å². The summed E-state index contributed by atoms with van der Waals surface area (Å²) in [6.07, 6.45) is 1.97. The number of aryl methyl sites for hydroxylation is 1. The molecular weight excluding hydrogens is 327 g/mol. The van der Waals surface area contributed by atoms with Gasteiger partial charge in [-0.1, -0.05) is 29.3 Å². The first kappa shape index (κ1) is 14.8. The summed E-state index contributed by atoms with van der Waals surface area (Å²) in [5.41, 5.74) is 1.91. The third-order valence-electron chi connectivity index (χ3n) is 3.60. The van der Waals surface area contributed by atoms with Crippen LogP contribution in [-0.4, -0.2) is 21.1 Å². The molecule has 0 N–H and O–H groups in total. The molecule has 1 atom stereocenters. The molecule has 0 aliphatic carbocycles. The number of benzene rings is 1. The molecule has 1 aromatic heterocycles. The normalized spacial score (nSPS) is 18.5. The average Bonchev–Trinajstić information content (AvgIpc) is 2.99. The molecule has 110 valence electrons. The van der Waals surface area contributed by atoms with Crippen LogP contribution in [0.25, 0.3) is 0 Å². The van der Waals surface area contributed by atoms with Gasteiger partial charge in [0.15, 0.2) is 0 Å². The molecule has 0 radical (unpaired) electrons. The van der Waals surface area contributed by atoms with Crippen LogP contribution in [0.2, 0.25) is 10.0 Å². The van der Waals surface area contributed by atoms with Crippen molar-refractivity contribution < 1.29 is 4.79 Å². The van der Waals surface area contributed by atoms with Crippen LogP contribution in [-0.2, 0) is 18.4 Å². The highest BCUT2D eigenvalue weighted by Crippen LogP contribution is 2.45. The number of aromatic nitrogens is 1. The van der Waals surface area contributed by atoms with Crippen molar-refractivity contribution in [2.45, 2.75) is 11.9 Å². The van der Waals surface area contributed by atoms with Gasteiger partial charge in [-0.25, -0.2) is 0 Å². The number of hydrogen-bond acceptors (Lipinski definition) is 2. The molecule has 0 bridgehead atoms. The van der Waals surface area contributed by atoms with Crippen LogP contribution >= 0.6 is 35.0 Å². The Labute approximate surface area is 137 Å². The SMILES string of the molecule is Cn1cccc1CN1C(=O)CSC1c1c(Cl)cccc1Cl. The first-order chi connectivity index (χ1) is 10.1. The largest absolute Gasteiger partial charge is 0.353 e. The van der Waals surface area contributed by atoms with Crippen LogP contribution in [0.1, 0.15) is 16.6 Å². The summed E-state index contributed by atoms with van der Waals surface area (Å²) < 4.78 is 2.02. The number of carbonyl (C=O) groups excluding carboxylic acids is 1. The summed E-state index contributed by atoms with van der Waals surface area (Å²) in [5.74, 6) is 0.568. The van der Waals surface area contributed by atoms with Crippen molar-refractivity contribution in [2.24, 2.45) is 7.05 Å². The number of thioether (sulfide) groups is 1. The Hall–Kier alpha value is -1.10. The second kappa shape index (κ2) is 5.95. The highest BCUT2D eigenvalue weighted by atomic mass is 35.5. The molecule has 0 spiro atoms. The number of rotatable bonds is 3. The molecule has 3 nitrogen and oxygen atoms in total. The van der Waals surface area contributed by atoms with Crippen molar-refractivity contribution in [1.82, 2.24) is 9.47 Å². The Bertz CT molecular complexity index is 666. The first-order valence-electron chi connectivity index (χ1n) is 6.53. The number of hydrogen-bond donors (Lipinski definition) is 0. The van der Waals surface area contributed by atoms with Crippen molar-refractivity contribution in [2.75, 3.05) is 5.75 Å². The molecular formula is C15H14Cl2N2OS.